The molecule has 0 amide bonds. The van der Waals surface area contributed by atoms with E-state index in [4.69, 9.17) is 9.97 Å². The van der Waals surface area contributed by atoms with Crippen LogP contribution in [0.2, 0.25) is 0 Å². The van der Waals surface area contributed by atoms with Gasteiger partial charge in [-0.2, -0.15) is 0 Å². The van der Waals surface area contributed by atoms with Crippen molar-refractivity contribution in [1.29, 1.82) is 5.41 Å². The smallest absolute Gasteiger partial charge is 0.159 e. The van der Waals surface area contributed by atoms with Crippen molar-refractivity contribution >= 4 is 11.4 Å². The second kappa shape index (κ2) is 14.9. The van der Waals surface area contributed by atoms with Gasteiger partial charge in [0.05, 0.1) is 11.4 Å². The average Bonchev–Trinajstić information content (AvgIpc) is 3.24. The van der Waals surface area contributed by atoms with Crippen LogP contribution in [0.3, 0.4) is 0 Å². The van der Waals surface area contributed by atoms with E-state index in [1.165, 1.54) is 0 Å². The number of aromatic nitrogens is 3. The first-order chi connectivity index (χ1) is 25.7. The van der Waals surface area contributed by atoms with Gasteiger partial charge in [-0.15, -0.1) is 0 Å². The standard InChI is InChI=1S/C47H35N5/c48-46(38-16-8-3-9-17-38)43-29-39(34-12-4-1-5-13-34)23-24-45(43)50-30-33-26-40(36-19-21-37(22-20-36)44-18-10-11-25-49-44)28-41(27-33)47-51-31-42(32-52-47)35-14-6-2-7-15-35/h1-29,31-32,48,50H,30H2. The molecule has 2 aromatic heterocycles. The van der Waals surface area contributed by atoms with Gasteiger partial charge in [0.1, 0.15) is 0 Å². The molecule has 0 unspecified atom stereocenters. The highest BCUT2D eigenvalue weighted by Crippen LogP contribution is 2.31. The molecule has 52 heavy (non-hydrogen) atoms. The molecule has 2 heterocycles. The third-order valence-corrected chi connectivity index (χ3v) is 9.13. The summed E-state index contributed by atoms with van der Waals surface area (Å²) in [5.41, 5.74) is 13.5. The summed E-state index contributed by atoms with van der Waals surface area (Å²) in [7, 11) is 0. The molecule has 0 aliphatic rings. The Morgan fingerprint density at radius 3 is 1.71 bits per heavy atom. The van der Waals surface area contributed by atoms with Crippen LogP contribution in [0.1, 0.15) is 16.7 Å². The number of benzene rings is 6. The fourth-order valence-electron chi connectivity index (χ4n) is 6.39. The van der Waals surface area contributed by atoms with Crippen LogP contribution in [0.4, 0.5) is 5.69 Å². The number of nitrogens with one attached hydrogen (secondary N) is 2. The van der Waals surface area contributed by atoms with Crippen LogP contribution in [-0.4, -0.2) is 20.7 Å². The molecule has 0 spiro atoms. The van der Waals surface area contributed by atoms with Crippen molar-refractivity contribution in [3.8, 4) is 56.0 Å². The zero-order valence-corrected chi connectivity index (χ0v) is 28.4. The largest absolute Gasteiger partial charge is 0.380 e. The molecule has 248 valence electrons. The molecule has 6 aromatic carbocycles. The van der Waals surface area contributed by atoms with E-state index in [1.807, 2.05) is 104 Å². The van der Waals surface area contributed by atoms with Crippen molar-refractivity contribution in [2.24, 2.45) is 0 Å². The SMILES string of the molecule is N=C(c1ccccc1)c1cc(-c2ccccc2)ccc1NCc1cc(-c2ccc(-c3ccccn3)cc2)cc(-c2ncc(-c3ccccc3)cn2)c1. The summed E-state index contributed by atoms with van der Waals surface area (Å²) in [6.45, 7) is 0.536. The molecule has 0 radical (unpaired) electrons. The van der Waals surface area contributed by atoms with E-state index < -0.39 is 0 Å². The number of hydrogen-bond acceptors (Lipinski definition) is 5. The summed E-state index contributed by atoms with van der Waals surface area (Å²) >= 11 is 0. The first kappa shape index (κ1) is 32.2. The molecule has 0 bridgehead atoms. The molecule has 5 heteroatoms. The van der Waals surface area contributed by atoms with Gasteiger partial charge in [0.25, 0.3) is 0 Å². The maximum atomic E-state index is 9.24. The molecule has 0 aliphatic carbocycles. The van der Waals surface area contributed by atoms with Gasteiger partial charge in [-0.25, -0.2) is 9.97 Å². The number of hydrogen-bond donors (Lipinski definition) is 2. The second-order valence-electron chi connectivity index (χ2n) is 12.6. The van der Waals surface area contributed by atoms with Crippen LogP contribution in [0, 0.1) is 5.41 Å². The maximum Gasteiger partial charge on any atom is 0.159 e. The minimum Gasteiger partial charge on any atom is -0.380 e. The Hall–Kier alpha value is -6.98. The lowest BCUT2D eigenvalue weighted by Crippen LogP contribution is -2.09. The lowest BCUT2D eigenvalue weighted by molar-refractivity contribution is 1.13. The van der Waals surface area contributed by atoms with E-state index in [-0.39, 0.29) is 0 Å². The molecule has 2 N–H and O–H groups in total. The normalized spacial score (nSPS) is 10.8. The van der Waals surface area contributed by atoms with Crippen molar-refractivity contribution < 1.29 is 0 Å². The van der Waals surface area contributed by atoms with Gasteiger partial charge in [0.2, 0.25) is 0 Å². The van der Waals surface area contributed by atoms with Gasteiger partial charge in [-0.05, 0) is 75.8 Å². The summed E-state index contributed by atoms with van der Waals surface area (Å²) in [5.74, 6) is 0.659. The molecule has 8 aromatic rings. The Kier molecular flexibility index (Phi) is 9.22. The van der Waals surface area contributed by atoms with Gasteiger partial charge in [-0.1, -0.05) is 127 Å². The Balaban J connectivity index is 1.15. The highest BCUT2D eigenvalue weighted by molar-refractivity contribution is 6.14. The van der Waals surface area contributed by atoms with E-state index in [0.717, 1.165) is 72.6 Å². The molecule has 8 rings (SSSR count). The minimum absolute atomic E-state index is 0.468. The summed E-state index contributed by atoms with van der Waals surface area (Å²) in [5, 5.41) is 12.9. The van der Waals surface area contributed by atoms with E-state index in [9.17, 15) is 5.41 Å². The van der Waals surface area contributed by atoms with E-state index in [2.05, 4.69) is 95.2 Å². The highest BCUT2D eigenvalue weighted by atomic mass is 14.9. The fourth-order valence-corrected chi connectivity index (χ4v) is 6.39. The van der Waals surface area contributed by atoms with Crippen LogP contribution in [-0.2, 0) is 6.54 Å². The minimum atomic E-state index is 0.468. The third kappa shape index (κ3) is 7.16. The number of anilines is 1. The maximum absolute atomic E-state index is 9.24. The summed E-state index contributed by atoms with van der Waals surface area (Å²) < 4.78 is 0. The fraction of sp³-hybridized carbons (Fsp3) is 0.0213. The Bertz CT molecular complexity index is 2330. The lowest BCUT2D eigenvalue weighted by Gasteiger charge is -2.17. The van der Waals surface area contributed by atoms with Gasteiger partial charge in [0, 0.05) is 58.6 Å². The second-order valence-corrected chi connectivity index (χ2v) is 12.6. The van der Waals surface area contributed by atoms with Crippen LogP contribution < -0.4 is 5.32 Å². The van der Waals surface area contributed by atoms with Gasteiger partial charge >= 0.3 is 0 Å². The van der Waals surface area contributed by atoms with Crippen molar-refractivity contribution in [1.82, 2.24) is 15.0 Å². The zero-order chi connectivity index (χ0) is 35.1. The molecule has 0 saturated heterocycles. The number of pyridine rings is 1. The van der Waals surface area contributed by atoms with Crippen molar-refractivity contribution in [3.63, 3.8) is 0 Å². The monoisotopic (exact) mass is 669 g/mol. The van der Waals surface area contributed by atoms with Gasteiger partial charge in [0.15, 0.2) is 5.82 Å². The number of nitrogens with zero attached hydrogens (tertiary/aromatic N) is 3. The van der Waals surface area contributed by atoms with Crippen LogP contribution in [0.5, 0.6) is 0 Å². The topological polar surface area (TPSA) is 74.6 Å². The van der Waals surface area contributed by atoms with Crippen LogP contribution in [0.15, 0.2) is 188 Å². The highest BCUT2D eigenvalue weighted by Gasteiger charge is 2.14. The molecule has 0 fully saturated rings. The summed E-state index contributed by atoms with van der Waals surface area (Å²) in [4.78, 5) is 14.2. The predicted molar refractivity (Wildman–Crippen MR) is 213 cm³/mol. The molecule has 0 atom stereocenters. The summed E-state index contributed by atoms with van der Waals surface area (Å²) in [6, 6.07) is 57.7. The van der Waals surface area contributed by atoms with Crippen molar-refractivity contribution in [2.75, 3.05) is 5.32 Å². The first-order valence-corrected chi connectivity index (χ1v) is 17.3. The van der Waals surface area contributed by atoms with E-state index in [0.29, 0.717) is 18.1 Å². The van der Waals surface area contributed by atoms with Crippen LogP contribution in [0.25, 0.3) is 56.0 Å². The van der Waals surface area contributed by atoms with Crippen molar-refractivity contribution in [3.05, 3.63) is 205 Å². The first-order valence-electron chi connectivity index (χ1n) is 17.3. The predicted octanol–water partition coefficient (Wildman–Crippen LogP) is 11.2. The van der Waals surface area contributed by atoms with Crippen LogP contribution >= 0.6 is 0 Å². The quantitative estimate of drug-likeness (QED) is 0.142. The molecule has 0 saturated carbocycles. The van der Waals surface area contributed by atoms with Crippen molar-refractivity contribution in [2.45, 2.75) is 6.54 Å². The number of rotatable bonds is 10. The van der Waals surface area contributed by atoms with E-state index >= 15 is 0 Å². The van der Waals surface area contributed by atoms with E-state index in [1.54, 1.807) is 0 Å². The zero-order valence-electron chi connectivity index (χ0n) is 28.4. The lowest BCUT2D eigenvalue weighted by atomic mass is 9.95. The van der Waals surface area contributed by atoms with Gasteiger partial charge < -0.3 is 5.32 Å². The van der Waals surface area contributed by atoms with Gasteiger partial charge in [-0.3, -0.25) is 10.4 Å². The molecular weight excluding hydrogens is 635 g/mol. The Labute approximate surface area is 303 Å². The molecule has 5 nitrogen and oxygen atoms in total. The molecular formula is C47H35N5. The molecule has 0 aliphatic heterocycles. The third-order valence-electron chi connectivity index (χ3n) is 9.13. The summed E-state index contributed by atoms with van der Waals surface area (Å²) in [6.07, 6.45) is 5.59. The Morgan fingerprint density at radius 1 is 0.462 bits per heavy atom. The average molecular weight is 670 g/mol. The Morgan fingerprint density at radius 2 is 1.04 bits per heavy atom.